The lowest BCUT2D eigenvalue weighted by atomic mass is 9.67. The van der Waals surface area contributed by atoms with Crippen molar-refractivity contribution in [2.45, 2.75) is 115 Å². The molecule has 196 valence electrons. The fraction of sp³-hybridized carbons (Fsp3) is 0.636. The summed E-state index contributed by atoms with van der Waals surface area (Å²) in [4.78, 5) is 0. The van der Waals surface area contributed by atoms with Gasteiger partial charge in [-0.2, -0.15) is 0 Å². The molecule has 3 fully saturated rings. The Balaban J connectivity index is 1.11. The van der Waals surface area contributed by atoms with E-state index in [1.54, 1.807) is 6.07 Å². The Bertz CT molecular complexity index is 990. The molecule has 0 radical (unpaired) electrons. The Morgan fingerprint density at radius 1 is 0.556 bits per heavy atom. The number of halogens is 3. The van der Waals surface area contributed by atoms with Crippen LogP contribution in [0.25, 0.3) is 0 Å². The molecule has 3 heteroatoms. The van der Waals surface area contributed by atoms with Gasteiger partial charge in [0.15, 0.2) is 11.6 Å². The molecule has 5 rings (SSSR count). The SMILES string of the molecule is CCCC1CCC(c2ccc(C3CCC(C4CCC(c5ccc(F)c(F)c5)CC4)CC3)c(F)c2)CC1. The lowest BCUT2D eigenvalue weighted by molar-refractivity contribution is 0.176. The summed E-state index contributed by atoms with van der Waals surface area (Å²) < 4.78 is 42.2. The first kappa shape index (κ1) is 25.9. The molecule has 3 aliphatic rings. The summed E-state index contributed by atoms with van der Waals surface area (Å²) in [7, 11) is 0. The fourth-order valence-electron chi connectivity index (χ4n) is 7.91. The number of hydrogen-bond acceptors (Lipinski definition) is 0. The largest absolute Gasteiger partial charge is 0.207 e. The van der Waals surface area contributed by atoms with Crippen molar-refractivity contribution in [2.24, 2.45) is 17.8 Å². The molecule has 0 bridgehead atoms. The van der Waals surface area contributed by atoms with Gasteiger partial charge in [0.1, 0.15) is 5.82 Å². The van der Waals surface area contributed by atoms with Crippen LogP contribution in [0.1, 0.15) is 131 Å². The van der Waals surface area contributed by atoms with Crippen molar-refractivity contribution in [3.8, 4) is 0 Å². The summed E-state index contributed by atoms with van der Waals surface area (Å²) in [5, 5.41) is 0. The standard InChI is InChI=1S/C33H43F3/c1-2-3-22-4-6-25(7-5-22)28-16-18-30(32(35)20-28)27-14-12-24(13-15-27)23-8-10-26(11-9-23)29-17-19-31(34)33(36)21-29/h16-27H,2-15H2,1H3. The molecule has 36 heavy (non-hydrogen) atoms. The van der Waals surface area contributed by atoms with Crippen LogP contribution < -0.4 is 0 Å². The van der Waals surface area contributed by atoms with E-state index in [-0.39, 0.29) is 5.82 Å². The predicted molar refractivity (Wildman–Crippen MR) is 142 cm³/mol. The Labute approximate surface area is 216 Å². The first-order valence-corrected chi connectivity index (χ1v) is 14.8. The fourth-order valence-corrected chi connectivity index (χ4v) is 7.91. The minimum atomic E-state index is -0.759. The van der Waals surface area contributed by atoms with E-state index in [2.05, 4.69) is 19.1 Å². The van der Waals surface area contributed by atoms with Gasteiger partial charge < -0.3 is 0 Å². The molecule has 0 aliphatic heterocycles. The summed E-state index contributed by atoms with van der Waals surface area (Å²) in [6.45, 7) is 2.28. The molecule has 0 aromatic heterocycles. The average molecular weight is 497 g/mol. The van der Waals surface area contributed by atoms with Crippen LogP contribution in [0.15, 0.2) is 36.4 Å². The maximum Gasteiger partial charge on any atom is 0.159 e. The minimum absolute atomic E-state index is 0.0265. The maximum atomic E-state index is 15.2. The van der Waals surface area contributed by atoms with Gasteiger partial charge in [0.2, 0.25) is 0 Å². The van der Waals surface area contributed by atoms with Gasteiger partial charge in [-0.1, -0.05) is 38.0 Å². The predicted octanol–water partition coefficient (Wildman–Crippen LogP) is 10.4. The second-order valence-electron chi connectivity index (χ2n) is 12.2. The van der Waals surface area contributed by atoms with Crippen molar-refractivity contribution >= 4 is 0 Å². The third kappa shape index (κ3) is 5.86. The molecular formula is C33H43F3. The highest BCUT2D eigenvalue weighted by molar-refractivity contribution is 5.30. The quantitative estimate of drug-likeness (QED) is 0.373. The van der Waals surface area contributed by atoms with Crippen molar-refractivity contribution in [3.63, 3.8) is 0 Å². The molecule has 2 aromatic carbocycles. The zero-order valence-electron chi connectivity index (χ0n) is 22.0. The molecule has 0 atom stereocenters. The van der Waals surface area contributed by atoms with E-state index >= 15 is 4.39 Å². The van der Waals surface area contributed by atoms with Gasteiger partial charge >= 0.3 is 0 Å². The van der Waals surface area contributed by atoms with Gasteiger partial charge in [-0.15, -0.1) is 0 Å². The molecule has 0 amide bonds. The van der Waals surface area contributed by atoms with Crippen LogP contribution in [-0.2, 0) is 0 Å². The summed E-state index contributed by atoms with van der Waals surface area (Å²) >= 11 is 0. The first-order chi connectivity index (χ1) is 17.5. The molecular weight excluding hydrogens is 453 g/mol. The van der Waals surface area contributed by atoms with Crippen LogP contribution in [-0.4, -0.2) is 0 Å². The molecule has 0 saturated heterocycles. The van der Waals surface area contributed by atoms with Crippen LogP contribution >= 0.6 is 0 Å². The highest BCUT2D eigenvalue weighted by atomic mass is 19.2. The van der Waals surface area contributed by atoms with E-state index in [1.807, 2.05) is 6.07 Å². The first-order valence-electron chi connectivity index (χ1n) is 14.8. The third-order valence-corrected chi connectivity index (χ3v) is 10.1. The topological polar surface area (TPSA) is 0 Å². The normalized spacial score (nSPS) is 31.3. The van der Waals surface area contributed by atoms with E-state index in [1.165, 1.54) is 81.9 Å². The molecule has 0 spiro atoms. The molecule has 3 saturated carbocycles. The van der Waals surface area contributed by atoms with Gasteiger partial charge in [0, 0.05) is 0 Å². The van der Waals surface area contributed by atoms with E-state index in [0.717, 1.165) is 54.6 Å². The summed E-state index contributed by atoms with van der Waals surface area (Å²) in [6.07, 6.45) is 16.7. The van der Waals surface area contributed by atoms with Crippen molar-refractivity contribution in [1.29, 1.82) is 0 Å². The molecule has 0 heterocycles. The van der Waals surface area contributed by atoms with Gasteiger partial charge in [0.25, 0.3) is 0 Å². The van der Waals surface area contributed by atoms with Crippen LogP contribution in [0.4, 0.5) is 13.2 Å². The molecule has 0 nitrogen and oxygen atoms in total. The van der Waals surface area contributed by atoms with E-state index in [0.29, 0.717) is 17.8 Å². The minimum Gasteiger partial charge on any atom is -0.207 e. The third-order valence-electron chi connectivity index (χ3n) is 10.1. The zero-order chi connectivity index (χ0) is 25.1. The van der Waals surface area contributed by atoms with Crippen molar-refractivity contribution in [1.82, 2.24) is 0 Å². The van der Waals surface area contributed by atoms with Crippen molar-refractivity contribution < 1.29 is 13.2 Å². The van der Waals surface area contributed by atoms with Gasteiger partial charge in [0.05, 0.1) is 0 Å². The highest BCUT2D eigenvalue weighted by Gasteiger charge is 2.33. The average Bonchev–Trinajstić information content (AvgIpc) is 2.91. The number of hydrogen-bond donors (Lipinski definition) is 0. The molecule has 3 aliphatic carbocycles. The highest BCUT2D eigenvalue weighted by Crippen LogP contribution is 2.46. The lowest BCUT2D eigenvalue weighted by Crippen LogP contribution is -2.25. The van der Waals surface area contributed by atoms with Crippen molar-refractivity contribution in [3.05, 3.63) is 70.5 Å². The van der Waals surface area contributed by atoms with Crippen molar-refractivity contribution in [2.75, 3.05) is 0 Å². The lowest BCUT2D eigenvalue weighted by Gasteiger charge is -2.38. The number of benzene rings is 2. The monoisotopic (exact) mass is 496 g/mol. The molecule has 0 N–H and O–H groups in total. The van der Waals surface area contributed by atoms with Gasteiger partial charge in [-0.3, -0.25) is 0 Å². The summed E-state index contributed by atoms with van der Waals surface area (Å²) in [5.74, 6) is 2.12. The van der Waals surface area contributed by atoms with Gasteiger partial charge in [-0.05, 0) is 147 Å². The summed E-state index contributed by atoms with van der Waals surface area (Å²) in [6, 6.07) is 10.6. The van der Waals surface area contributed by atoms with E-state index < -0.39 is 11.6 Å². The van der Waals surface area contributed by atoms with E-state index in [4.69, 9.17) is 0 Å². The van der Waals surface area contributed by atoms with Crippen LogP contribution in [0.5, 0.6) is 0 Å². The molecule has 2 aromatic rings. The summed E-state index contributed by atoms with van der Waals surface area (Å²) in [5.41, 5.74) is 3.11. The van der Waals surface area contributed by atoms with Crippen LogP contribution in [0, 0.1) is 35.2 Å². The number of rotatable bonds is 6. The van der Waals surface area contributed by atoms with E-state index in [9.17, 15) is 8.78 Å². The van der Waals surface area contributed by atoms with Gasteiger partial charge in [-0.25, -0.2) is 13.2 Å². The molecule has 0 unspecified atom stereocenters. The maximum absolute atomic E-state index is 15.2. The Morgan fingerprint density at radius 3 is 1.58 bits per heavy atom. The smallest absolute Gasteiger partial charge is 0.159 e. The zero-order valence-corrected chi connectivity index (χ0v) is 22.0. The van der Waals surface area contributed by atoms with Crippen LogP contribution in [0.2, 0.25) is 0 Å². The Hall–Kier alpha value is -1.77. The second-order valence-corrected chi connectivity index (χ2v) is 12.2. The Morgan fingerprint density at radius 2 is 1.06 bits per heavy atom. The van der Waals surface area contributed by atoms with Crippen LogP contribution in [0.3, 0.4) is 0 Å². The second kappa shape index (κ2) is 11.7. The Kier molecular flexibility index (Phi) is 8.43.